The van der Waals surface area contributed by atoms with Crippen LogP contribution in [-0.2, 0) is 20.9 Å². The van der Waals surface area contributed by atoms with Gasteiger partial charge in [-0.15, -0.1) is 0 Å². The number of hydrogen-bond donors (Lipinski definition) is 1. The molecule has 1 amide bonds. The summed E-state index contributed by atoms with van der Waals surface area (Å²) in [5.74, 6) is -4.15. The van der Waals surface area contributed by atoms with Gasteiger partial charge in [0.2, 0.25) is 0 Å². The molecule has 0 fully saturated rings. The predicted molar refractivity (Wildman–Crippen MR) is 95.6 cm³/mol. The maximum absolute atomic E-state index is 13.6. The van der Waals surface area contributed by atoms with E-state index in [1.54, 1.807) is 24.3 Å². The third-order valence-corrected chi connectivity index (χ3v) is 4.00. The van der Waals surface area contributed by atoms with Gasteiger partial charge >= 0.3 is 11.7 Å². The Morgan fingerprint density at radius 2 is 1.82 bits per heavy atom. The molecule has 28 heavy (non-hydrogen) atoms. The molecule has 1 aromatic heterocycles. The highest BCUT2D eigenvalue weighted by molar-refractivity contribution is 5.95. The number of aromatic nitrogens is 1. The molecule has 1 N–H and O–H groups in total. The van der Waals surface area contributed by atoms with Crippen LogP contribution >= 0.6 is 0 Å². The van der Waals surface area contributed by atoms with Crippen LogP contribution in [0.3, 0.4) is 0 Å². The second kappa shape index (κ2) is 8.03. The van der Waals surface area contributed by atoms with E-state index in [-0.39, 0.29) is 13.0 Å². The molecule has 1 heterocycles. The number of carbonyl (C=O) groups excluding carboxylic acids is 2. The molecule has 3 rings (SSSR count). The number of carbonyl (C=O) groups is 2. The average molecular weight is 390 g/mol. The van der Waals surface area contributed by atoms with Crippen LogP contribution in [0.25, 0.3) is 11.1 Å². The molecule has 0 radical (unpaired) electrons. The SMILES string of the molecule is C[C@@H](OC(=O)CCn1c(=O)oc2ccccc21)C(=O)Nc1c(F)cccc1F. The van der Waals surface area contributed by atoms with Crippen molar-refractivity contribution in [3.63, 3.8) is 0 Å². The molecule has 0 spiro atoms. The fourth-order valence-corrected chi connectivity index (χ4v) is 2.58. The van der Waals surface area contributed by atoms with E-state index >= 15 is 0 Å². The van der Waals surface area contributed by atoms with Gasteiger partial charge < -0.3 is 14.5 Å². The Hall–Kier alpha value is -3.49. The highest BCUT2D eigenvalue weighted by Crippen LogP contribution is 2.18. The molecule has 0 bridgehead atoms. The molecule has 1 atom stereocenters. The van der Waals surface area contributed by atoms with Crippen LogP contribution in [0.5, 0.6) is 0 Å². The van der Waals surface area contributed by atoms with E-state index in [2.05, 4.69) is 5.32 Å². The Bertz CT molecular complexity index is 1070. The molecule has 3 aromatic rings. The number of aryl methyl sites for hydroxylation is 1. The lowest BCUT2D eigenvalue weighted by Crippen LogP contribution is -2.31. The number of anilines is 1. The summed E-state index contributed by atoms with van der Waals surface area (Å²) in [5, 5.41) is 2.05. The summed E-state index contributed by atoms with van der Waals surface area (Å²) < 4.78 is 38.5. The van der Waals surface area contributed by atoms with E-state index in [1.165, 1.54) is 11.5 Å². The lowest BCUT2D eigenvalue weighted by Gasteiger charge is -2.14. The number of oxazole rings is 1. The van der Waals surface area contributed by atoms with Gasteiger partial charge in [-0.25, -0.2) is 13.6 Å². The van der Waals surface area contributed by atoms with Crippen LogP contribution < -0.4 is 11.1 Å². The van der Waals surface area contributed by atoms with Crippen molar-refractivity contribution in [3.05, 3.63) is 64.6 Å². The topological polar surface area (TPSA) is 90.5 Å². The monoisotopic (exact) mass is 390 g/mol. The van der Waals surface area contributed by atoms with Gasteiger partial charge in [-0.2, -0.15) is 0 Å². The number of nitrogens with one attached hydrogen (secondary N) is 1. The van der Waals surface area contributed by atoms with Crippen molar-refractivity contribution >= 4 is 28.7 Å². The van der Waals surface area contributed by atoms with Crippen LogP contribution in [-0.4, -0.2) is 22.5 Å². The zero-order chi connectivity index (χ0) is 20.3. The first-order valence-electron chi connectivity index (χ1n) is 8.39. The fourth-order valence-electron chi connectivity index (χ4n) is 2.58. The van der Waals surface area contributed by atoms with Crippen molar-refractivity contribution in [2.45, 2.75) is 26.0 Å². The molecule has 0 unspecified atom stereocenters. The number of benzene rings is 2. The summed E-state index contributed by atoms with van der Waals surface area (Å²) in [6.07, 6.45) is -1.49. The molecule has 0 saturated carbocycles. The van der Waals surface area contributed by atoms with Crippen LogP contribution in [0.1, 0.15) is 13.3 Å². The number of hydrogen-bond acceptors (Lipinski definition) is 5. The average Bonchev–Trinajstić information content (AvgIpc) is 2.98. The van der Waals surface area contributed by atoms with Crippen molar-refractivity contribution in [2.24, 2.45) is 0 Å². The molecule has 9 heteroatoms. The summed E-state index contributed by atoms with van der Waals surface area (Å²) in [7, 11) is 0. The van der Waals surface area contributed by atoms with Gasteiger partial charge in [-0.1, -0.05) is 18.2 Å². The Kier molecular flexibility index (Phi) is 5.53. The van der Waals surface area contributed by atoms with Gasteiger partial charge in [0.1, 0.15) is 17.3 Å². The minimum absolute atomic E-state index is 0.00897. The zero-order valence-electron chi connectivity index (χ0n) is 14.8. The van der Waals surface area contributed by atoms with Gasteiger partial charge in [0.15, 0.2) is 11.7 Å². The van der Waals surface area contributed by atoms with Crippen molar-refractivity contribution in [3.8, 4) is 0 Å². The number of halogens is 2. The van der Waals surface area contributed by atoms with Gasteiger partial charge in [0.05, 0.1) is 11.9 Å². The minimum Gasteiger partial charge on any atom is -0.452 e. The van der Waals surface area contributed by atoms with E-state index < -0.39 is 41.1 Å². The standard InChI is InChI=1S/C19H16F2N2O5/c1-11(18(25)22-17-12(20)5-4-6-13(17)21)27-16(24)9-10-23-14-7-2-3-8-15(14)28-19(23)26/h2-8,11H,9-10H2,1H3,(H,22,25)/t11-/m1/s1. The van der Waals surface area contributed by atoms with Crippen molar-refractivity contribution < 1.29 is 27.5 Å². The second-order valence-electron chi connectivity index (χ2n) is 5.96. The normalized spacial score (nSPS) is 12.0. The molecule has 0 aliphatic rings. The highest BCUT2D eigenvalue weighted by atomic mass is 19.1. The first kappa shape index (κ1) is 19.3. The lowest BCUT2D eigenvalue weighted by atomic mass is 10.2. The van der Waals surface area contributed by atoms with E-state index in [9.17, 15) is 23.2 Å². The quantitative estimate of drug-likeness (QED) is 0.654. The summed E-state index contributed by atoms with van der Waals surface area (Å²) in [6.45, 7) is 1.26. The molecule has 2 aromatic carbocycles. The van der Waals surface area contributed by atoms with Crippen LogP contribution in [0, 0.1) is 11.6 Å². The fraction of sp³-hybridized carbons (Fsp3) is 0.211. The Labute approximate surface area is 157 Å². The predicted octanol–water partition coefficient (Wildman–Crippen LogP) is 2.83. The van der Waals surface area contributed by atoms with Crippen molar-refractivity contribution in [1.29, 1.82) is 0 Å². The Morgan fingerprint density at radius 3 is 2.54 bits per heavy atom. The highest BCUT2D eigenvalue weighted by Gasteiger charge is 2.21. The molecule has 146 valence electrons. The van der Waals surface area contributed by atoms with E-state index in [0.717, 1.165) is 18.2 Å². The van der Waals surface area contributed by atoms with Crippen LogP contribution in [0.2, 0.25) is 0 Å². The maximum Gasteiger partial charge on any atom is 0.419 e. The molecule has 0 saturated heterocycles. The molecular formula is C19H16F2N2O5. The van der Waals surface area contributed by atoms with Crippen LogP contribution in [0.4, 0.5) is 14.5 Å². The smallest absolute Gasteiger partial charge is 0.419 e. The van der Waals surface area contributed by atoms with Crippen molar-refractivity contribution in [1.82, 2.24) is 4.57 Å². The first-order chi connectivity index (χ1) is 13.4. The van der Waals surface area contributed by atoms with Gasteiger partial charge in [-0.3, -0.25) is 14.2 Å². The lowest BCUT2D eigenvalue weighted by molar-refractivity contribution is -0.153. The van der Waals surface area contributed by atoms with Gasteiger partial charge in [0.25, 0.3) is 5.91 Å². The number of fused-ring (bicyclic) bond motifs is 1. The van der Waals surface area contributed by atoms with E-state index in [1.807, 2.05) is 0 Å². The summed E-state index contributed by atoms with van der Waals surface area (Å²) in [5.41, 5.74) is 0.300. The molecule has 0 aliphatic carbocycles. The zero-order valence-corrected chi connectivity index (χ0v) is 14.8. The van der Waals surface area contributed by atoms with Gasteiger partial charge in [0, 0.05) is 6.54 Å². The van der Waals surface area contributed by atoms with E-state index in [4.69, 9.17) is 9.15 Å². The number of amides is 1. The summed E-state index contributed by atoms with van der Waals surface area (Å²) in [4.78, 5) is 35.9. The second-order valence-corrected chi connectivity index (χ2v) is 5.96. The molecule has 0 aliphatic heterocycles. The minimum atomic E-state index is -1.29. The molecular weight excluding hydrogens is 374 g/mol. The largest absolute Gasteiger partial charge is 0.452 e. The van der Waals surface area contributed by atoms with Crippen LogP contribution in [0.15, 0.2) is 51.7 Å². The number of esters is 1. The molecule has 7 nitrogen and oxygen atoms in total. The summed E-state index contributed by atoms with van der Waals surface area (Å²) in [6, 6.07) is 9.86. The summed E-state index contributed by atoms with van der Waals surface area (Å²) >= 11 is 0. The third-order valence-electron chi connectivity index (χ3n) is 4.00. The van der Waals surface area contributed by atoms with Crippen molar-refractivity contribution in [2.75, 3.05) is 5.32 Å². The Morgan fingerprint density at radius 1 is 1.14 bits per heavy atom. The number of nitrogens with zero attached hydrogens (tertiary/aromatic N) is 1. The van der Waals surface area contributed by atoms with E-state index in [0.29, 0.717) is 11.1 Å². The maximum atomic E-state index is 13.6. The first-order valence-corrected chi connectivity index (χ1v) is 8.39. The Balaban J connectivity index is 1.59. The van der Waals surface area contributed by atoms with Gasteiger partial charge in [-0.05, 0) is 31.2 Å². The number of ether oxygens (including phenoxy) is 1. The third kappa shape index (κ3) is 4.08. The number of rotatable bonds is 6. The number of para-hydroxylation sites is 3.